The van der Waals surface area contributed by atoms with E-state index in [1.165, 1.54) is 12.1 Å². The number of nitrogens with zero attached hydrogens (tertiary/aromatic N) is 1. The minimum Gasteiger partial charge on any atom is -0.389 e. The molecule has 0 unspecified atom stereocenters. The van der Waals surface area contributed by atoms with Crippen molar-refractivity contribution < 1.29 is 13.5 Å². The molecule has 1 aromatic carbocycles. The van der Waals surface area contributed by atoms with Gasteiger partial charge >= 0.3 is 0 Å². The summed E-state index contributed by atoms with van der Waals surface area (Å²) in [6, 6.07) is 4.52. The topological polar surface area (TPSA) is 57.6 Å². The molecule has 0 aliphatic rings. The van der Waals surface area contributed by atoms with Crippen molar-refractivity contribution in [1.29, 1.82) is 0 Å². The van der Waals surface area contributed by atoms with Crippen LogP contribution in [0, 0.1) is 0 Å². The van der Waals surface area contributed by atoms with Gasteiger partial charge in [-0.3, -0.25) is 0 Å². The first-order chi connectivity index (χ1) is 8.59. The second-order valence-electron chi connectivity index (χ2n) is 4.79. The molecule has 0 radical (unpaired) electrons. The fraction of sp³-hybridized carbons (Fsp3) is 0.500. The number of hydrogen-bond donors (Lipinski definition) is 1. The Bertz CT molecular complexity index is 532. The molecule has 0 bridgehead atoms. The van der Waals surface area contributed by atoms with E-state index in [4.69, 9.17) is 23.2 Å². The van der Waals surface area contributed by atoms with Crippen molar-refractivity contribution in [3.05, 3.63) is 28.2 Å². The maximum Gasteiger partial charge on any atom is 0.246 e. The molecule has 0 saturated heterocycles. The molecular formula is C12H17Cl2NO3S. The summed E-state index contributed by atoms with van der Waals surface area (Å²) in [5.74, 6) is 0. The van der Waals surface area contributed by atoms with Gasteiger partial charge in [0.05, 0.1) is 15.6 Å². The Labute approximate surface area is 124 Å². The highest BCUT2D eigenvalue weighted by Gasteiger charge is 2.31. The average Bonchev–Trinajstić information content (AvgIpc) is 2.23. The summed E-state index contributed by atoms with van der Waals surface area (Å²) >= 11 is 11.9. The maximum absolute atomic E-state index is 12.5. The van der Waals surface area contributed by atoms with Crippen molar-refractivity contribution in [1.82, 2.24) is 4.31 Å². The average molecular weight is 326 g/mol. The van der Waals surface area contributed by atoms with Crippen LogP contribution in [-0.2, 0) is 10.0 Å². The molecule has 108 valence electrons. The summed E-state index contributed by atoms with van der Waals surface area (Å²) in [7, 11) is -3.84. The van der Waals surface area contributed by atoms with Crippen LogP contribution in [0.5, 0.6) is 0 Å². The van der Waals surface area contributed by atoms with Crippen LogP contribution < -0.4 is 0 Å². The molecule has 0 amide bonds. The van der Waals surface area contributed by atoms with E-state index in [0.717, 1.165) is 4.31 Å². The predicted molar refractivity (Wildman–Crippen MR) is 77.2 cm³/mol. The van der Waals surface area contributed by atoms with Crippen LogP contribution >= 0.6 is 23.2 Å². The van der Waals surface area contributed by atoms with Crippen LogP contribution in [0.3, 0.4) is 0 Å². The number of halogens is 2. The summed E-state index contributed by atoms with van der Waals surface area (Å²) < 4.78 is 26.2. The molecule has 0 heterocycles. The van der Waals surface area contributed by atoms with E-state index >= 15 is 0 Å². The lowest BCUT2D eigenvalue weighted by Crippen LogP contribution is -2.42. The molecular weight excluding hydrogens is 309 g/mol. The number of sulfonamides is 1. The van der Waals surface area contributed by atoms with Gasteiger partial charge in [0.15, 0.2) is 0 Å². The highest BCUT2D eigenvalue weighted by Crippen LogP contribution is 2.31. The molecule has 19 heavy (non-hydrogen) atoms. The van der Waals surface area contributed by atoms with Crippen molar-refractivity contribution in [3.8, 4) is 0 Å². The Morgan fingerprint density at radius 1 is 1.26 bits per heavy atom. The number of likely N-dealkylation sites (N-methyl/N-ethyl adjacent to an activating group) is 1. The highest BCUT2D eigenvalue weighted by atomic mass is 35.5. The lowest BCUT2D eigenvalue weighted by atomic mass is 10.1. The zero-order valence-electron chi connectivity index (χ0n) is 11.0. The molecule has 1 rings (SSSR count). The standard InChI is InChI=1S/C12H17Cl2NO3S/c1-4-15(8-12(2,3)16)19(17,18)11-9(13)6-5-7-10(11)14/h5-7,16H,4,8H2,1-3H3. The molecule has 4 nitrogen and oxygen atoms in total. The summed E-state index contributed by atoms with van der Waals surface area (Å²) in [6.45, 7) is 4.95. The molecule has 1 N–H and O–H groups in total. The summed E-state index contributed by atoms with van der Waals surface area (Å²) in [6.07, 6.45) is 0. The third kappa shape index (κ3) is 4.07. The third-order valence-corrected chi connectivity index (χ3v) is 5.31. The minimum absolute atomic E-state index is 0.0343. The Kier molecular flexibility index (Phi) is 5.26. The molecule has 0 saturated carbocycles. The van der Waals surface area contributed by atoms with Crippen LogP contribution in [0.2, 0.25) is 10.0 Å². The van der Waals surface area contributed by atoms with Crippen LogP contribution in [0.4, 0.5) is 0 Å². The molecule has 0 aliphatic heterocycles. The first-order valence-corrected chi connectivity index (χ1v) is 7.95. The van der Waals surface area contributed by atoms with Gasteiger partial charge in [-0.05, 0) is 26.0 Å². The molecule has 0 aliphatic carbocycles. The molecule has 0 fully saturated rings. The van der Waals surface area contributed by atoms with Gasteiger partial charge in [-0.25, -0.2) is 8.42 Å². The molecule has 0 spiro atoms. The fourth-order valence-electron chi connectivity index (χ4n) is 1.66. The van der Waals surface area contributed by atoms with Crippen LogP contribution in [-0.4, -0.2) is 36.5 Å². The van der Waals surface area contributed by atoms with Gasteiger partial charge in [0.2, 0.25) is 10.0 Å². The molecule has 7 heteroatoms. The summed E-state index contributed by atoms with van der Waals surface area (Å²) in [5.41, 5.74) is -1.14. The first kappa shape index (κ1) is 16.7. The number of benzene rings is 1. The summed E-state index contributed by atoms with van der Waals surface area (Å²) in [5, 5.41) is 9.94. The van der Waals surface area contributed by atoms with Gasteiger partial charge in [0.25, 0.3) is 0 Å². The van der Waals surface area contributed by atoms with Crippen LogP contribution in [0.25, 0.3) is 0 Å². The zero-order chi connectivity index (χ0) is 14.8. The van der Waals surface area contributed by atoms with Gasteiger partial charge in [-0.15, -0.1) is 0 Å². The monoisotopic (exact) mass is 325 g/mol. The molecule has 0 aromatic heterocycles. The highest BCUT2D eigenvalue weighted by molar-refractivity contribution is 7.89. The van der Waals surface area contributed by atoms with Crippen molar-refractivity contribution in [2.45, 2.75) is 31.3 Å². The Morgan fingerprint density at radius 3 is 2.11 bits per heavy atom. The van der Waals surface area contributed by atoms with Gasteiger partial charge < -0.3 is 5.11 Å². The van der Waals surface area contributed by atoms with E-state index in [1.807, 2.05) is 0 Å². The van der Waals surface area contributed by atoms with E-state index in [9.17, 15) is 13.5 Å². The Hall–Kier alpha value is -0.330. The van der Waals surface area contributed by atoms with Crippen molar-refractivity contribution >= 4 is 33.2 Å². The van der Waals surface area contributed by atoms with Crippen molar-refractivity contribution in [2.24, 2.45) is 0 Å². The lowest BCUT2D eigenvalue weighted by Gasteiger charge is -2.28. The minimum atomic E-state index is -3.84. The fourth-order valence-corrected chi connectivity index (χ4v) is 4.35. The first-order valence-electron chi connectivity index (χ1n) is 5.76. The van der Waals surface area contributed by atoms with Gasteiger partial charge in [-0.1, -0.05) is 36.2 Å². The lowest BCUT2D eigenvalue weighted by molar-refractivity contribution is 0.0601. The van der Waals surface area contributed by atoms with Crippen LogP contribution in [0.1, 0.15) is 20.8 Å². The molecule has 1 aromatic rings. The number of aliphatic hydroxyl groups is 1. The predicted octanol–water partition coefficient (Wildman–Crippen LogP) is 2.77. The Morgan fingerprint density at radius 2 is 1.74 bits per heavy atom. The van der Waals surface area contributed by atoms with E-state index in [2.05, 4.69) is 0 Å². The smallest absolute Gasteiger partial charge is 0.246 e. The largest absolute Gasteiger partial charge is 0.389 e. The van der Waals surface area contributed by atoms with E-state index in [0.29, 0.717) is 0 Å². The van der Waals surface area contributed by atoms with E-state index < -0.39 is 15.6 Å². The number of hydrogen-bond acceptors (Lipinski definition) is 3. The quantitative estimate of drug-likeness (QED) is 0.905. The van der Waals surface area contributed by atoms with Crippen molar-refractivity contribution in [3.63, 3.8) is 0 Å². The maximum atomic E-state index is 12.5. The van der Waals surface area contributed by atoms with Crippen LogP contribution in [0.15, 0.2) is 23.1 Å². The van der Waals surface area contributed by atoms with Gasteiger partial charge in [0, 0.05) is 13.1 Å². The van der Waals surface area contributed by atoms with Crippen molar-refractivity contribution in [2.75, 3.05) is 13.1 Å². The molecule has 0 atom stereocenters. The second-order valence-corrected chi connectivity index (χ2v) is 7.48. The van der Waals surface area contributed by atoms with E-state index in [-0.39, 0.29) is 28.0 Å². The van der Waals surface area contributed by atoms with Gasteiger partial charge in [-0.2, -0.15) is 4.31 Å². The SMILES string of the molecule is CCN(CC(C)(C)O)S(=O)(=O)c1c(Cl)cccc1Cl. The second kappa shape index (κ2) is 5.97. The zero-order valence-corrected chi connectivity index (χ0v) is 13.3. The van der Waals surface area contributed by atoms with Gasteiger partial charge in [0.1, 0.15) is 4.90 Å². The third-order valence-electron chi connectivity index (χ3n) is 2.43. The summed E-state index contributed by atoms with van der Waals surface area (Å²) in [4.78, 5) is -0.121. The Balaban J connectivity index is 3.29. The normalized spacial score (nSPS) is 13.0. The van der Waals surface area contributed by atoms with E-state index in [1.54, 1.807) is 26.8 Å². The number of rotatable bonds is 5.